The van der Waals surface area contributed by atoms with E-state index in [1.54, 1.807) is 0 Å². The maximum atomic E-state index is 13.1. The number of likely N-dealkylation sites (N-methyl/N-ethyl adjacent to an activating group) is 1. The molecular formula is C19H27N3O2. The maximum Gasteiger partial charge on any atom is 0.238 e. The number of carbonyl (C=O) groups excluding carboxylic acids is 2. The van der Waals surface area contributed by atoms with Crippen LogP contribution < -0.4 is 10.2 Å². The Morgan fingerprint density at radius 2 is 2.08 bits per heavy atom. The molecule has 2 atom stereocenters. The van der Waals surface area contributed by atoms with E-state index in [-0.39, 0.29) is 17.7 Å². The summed E-state index contributed by atoms with van der Waals surface area (Å²) in [5.41, 5.74) is 1.40. The minimum absolute atomic E-state index is 0.00593. The average molecular weight is 329 g/mol. The molecule has 130 valence electrons. The molecule has 5 heteroatoms. The fourth-order valence-corrected chi connectivity index (χ4v) is 3.74. The first kappa shape index (κ1) is 17.0. The van der Waals surface area contributed by atoms with Crippen molar-refractivity contribution in [3.63, 3.8) is 0 Å². The summed E-state index contributed by atoms with van der Waals surface area (Å²) in [6.07, 6.45) is 0.630. The molecule has 3 rings (SSSR count). The van der Waals surface area contributed by atoms with Gasteiger partial charge in [0.15, 0.2) is 0 Å². The predicted octanol–water partition coefficient (Wildman–Crippen LogP) is 1.62. The first-order valence-corrected chi connectivity index (χ1v) is 8.72. The van der Waals surface area contributed by atoms with Gasteiger partial charge in [0.1, 0.15) is 0 Å². The number of para-hydroxylation sites is 1. The summed E-state index contributed by atoms with van der Waals surface area (Å²) in [7, 11) is 3.95. The van der Waals surface area contributed by atoms with Gasteiger partial charge in [0.2, 0.25) is 11.8 Å². The number of hydrogen-bond donors (Lipinski definition) is 1. The number of benzene rings is 1. The highest BCUT2D eigenvalue weighted by molar-refractivity contribution is 6.14. The Balaban J connectivity index is 1.79. The Morgan fingerprint density at radius 3 is 2.75 bits per heavy atom. The summed E-state index contributed by atoms with van der Waals surface area (Å²) >= 11 is 0. The third kappa shape index (κ3) is 2.71. The second-order valence-electron chi connectivity index (χ2n) is 7.65. The van der Waals surface area contributed by atoms with Crippen molar-refractivity contribution in [3.8, 4) is 0 Å². The van der Waals surface area contributed by atoms with E-state index in [0.29, 0.717) is 25.4 Å². The van der Waals surface area contributed by atoms with E-state index < -0.39 is 5.41 Å². The van der Waals surface area contributed by atoms with Gasteiger partial charge in [-0.15, -0.1) is 0 Å². The van der Waals surface area contributed by atoms with Crippen LogP contribution in [-0.4, -0.2) is 50.4 Å². The fraction of sp³-hybridized carbons (Fsp3) is 0.579. The van der Waals surface area contributed by atoms with Gasteiger partial charge in [-0.2, -0.15) is 0 Å². The van der Waals surface area contributed by atoms with E-state index in [1.807, 2.05) is 48.2 Å². The zero-order valence-corrected chi connectivity index (χ0v) is 15.0. The largest absolute Gasteiger partial charge is 0.355 e. The minimum atomic E-state index is -0.617. The van der Waals surface area contributed by atoms with E-state index in [4.69, 9.17) is 0 Å². The number of fused-ring (bicyclic) bond motifs is 2. The second kappa shape index (κ2) is 6.20. The topological polar surface area (TPSA) is 52.7 Å². The molecule has 0 unspecified atom stereocenters. The van der Waals surface area contributed by atoms with Crippen LogP contribution in [0.1, 0.15) is 25.8 Å². The molecule has 24 heavy (non-hydrogen) atoms. The number of carbonyl (C=O) groups is 2. The lowest BCUT2D eigenvalue weighted by molar-refractivity contribution is -0.126. The van der Waals surface area contributed by atoms with Crippen molar-refractivity contribution in [2.75, 3.05) is 38.6 Å². The molecule has 0 saturated heterocycles. The Labute approximate surface area is 144 Å². The molecule has 2 aliphatic rings. The summed E-state index contributed by atoms with van der Waals surface area (Å²) in [4.78, 5) is 29.6. The highest BCUT2D eigenvalue weighted by Crippen LogP contribution is 2.61. The molecule has 1 aliphatic carbocycles. The van der Waals surface area contributed by atoms with E-state index in [0.717, 1.165) is 17.8 Å². The van der Waals surface area contributed by atoms with Gasteiger partial charge in [-0.25, -0.2) is 0 Å². The lowest BCUT2D eigenvalue weighted by Crippen LogP contribution is -2.39. The highest BCUT2D eigenvalue weighted by atomic mass is 16.2. The van der Waals surface area contributed by atoms with Crippen molar-refractivity contribution in [2.24, 2.45) is 11.8 Å². The maximum absolute atomic E-state index is 13.1. The summed E-state index contributed by atoms with van der Waals surface area (Å²) < 4.78 is 0. The van der Waals surface area contributed by atoms with Crippen LogP contribution in [0.3, 0.4) is 0 Å². The number of nitrogens with zero attached hydrogens (tertiary/aromatic N) is 2. The molecule has 1 N–H and O–H groups in total. The summed E-state index contributed by atoms with van der Waals surface area (Å²) in [5.74, 6) is 0.269. The predicted molar refractivity (Wildman–Crippen MR) is 95.0 cm³/mol. The lowest BCUT2D eigenvalue weighted by atomic mass is 9.94. The van der Waals surface area contributed by atoms with Gasteiger partial charge in [-0.1, -0.05) is 32.0 Å². The van der Waals surface area contributed by atoms with E-state index >= 15 is 0 Å². The average Bonchev–Trinajstić information content (AvgIpc) is 3.23. The van der Waals surface area contributed by atoms with Gasteiger partial charge in [0, 0.05) is 25.3 Å². The van der Waals surface area contributed by atoms with Crippen LogP contribution in [0, 0.1) is 11.8 Å². The van der Waals surface area contributed by atoms with Gasteiger partial charge in [0.05, 0.1) is 11.3 Å². The zero-order chi connectivity index (χ0) is 17.5. The monoisotopic (exact) mass is 329 g/mol. The highest BCUT2D eigenvalue weighted by Gasteiger charge is 2.69. The molecule has 1 heterocycles. The molecule has 2 amide bonds. The van der Waals surface area contributed by atoms with E-state index in [9.17, 15) is 9.59 Å². The Hall–Kier alpha value is -1.88. The van der Waals surface area contributed by atoms with Crippen LogP contribution in [0.4, 0.5) is 5.69 Å². The third-order valence-electron chi connectivity index (χ3n) is 4.99. The summed E-state index contributed by atoms with van der Waals surface area (Å²) in [6.45, 7) is 6.34. The van der Waals surface area contributed by atoms with Crippen LogP contribution in [0.15, 0.2) is 24.3 Å². The zero-order valence-electron chi connectivity index (χ0n) is 15.0. The Morgan fingerprint density at radius 1 is 1.38 bits per heavy atom. The molecule has 1 fully saturated rings. The van der Waals surface area contributed by atoms with Crippen molar-refractivity contribution in [3.05, 3.63) is 29.8 Å². The van der Waals surface area contributed by atoms with Crippen molar-refractivity contribution in [2.45, 2.75) is 25.7 Å². The summed E-state index contributed by atoms with van der Waals surface area (Å²) in [5, 5.41) is 2.98. The summed E-state index contributed by atoms with van der Waals surface area (Å²) in [6, 6.07) is 7.95. The molecule has 1 aliphatic heterocycles. The normalized spacial score (nSPS) is 24.8. The van der Waals surface area contributed by atoms with Crippen molar-refractivity contribution >= 4 is 17.5 Å². The molecule has 1 aromatic carbocycles. The number of anilines is 1. The minimum Gasteiger partial charge on any atom is -0.355 e. The van der Waals surface area contributed by atoms with Crippen LogP contribution in [-0.2, 0) is 15.0 Å². The smallest absolute Gasteiger partial charge is 0.238 e. The quantitative estimate of drug-likeness (QED) is 0.863. The number of rotatable bonds is 6. The number of hydrogen-bond acceptors (Lipinski definition) is 3. The van der Waals surface area contributed by atoms with Gasteiger partial charge < -0.3 is 15.1 Å². The molecule has 0 bridgehead atoms. The molecular weight excluding hydrogens is 302 g/mol. The van der Waals surface area contributed by atoms with Crippen molar-refractivity contribution < 1.29 is 9.59 Å². The number of nitrogens with one attached hydrogen (secondary N) is 1. The SMILES string of the molecule is CC(C)CN1C(=O)[C@]2(C[C@H]2C(=O)NCCN(C)C)c2ccccc21. The molecule has 5 nitrogen and oxygen atoms in total. The van der Waals surface area contributed by atoms with Crippen molar-refractivity contribution in [1.29, 1.82) is 0 Å². The van der Waals surface area contributed by atoms with Crippen LogP contribution in [0.2, 0.25) is 0 Å². The second-order valence-corrected chi connectivity index (χ2v) is 7.65. The van der Waals surface area contributed by atoms with Gasteiger partial charge in [-0.3, -0.25) is 9.59 Å². The van der Waals surface area contributed by atoms with E-state index in [1.165, 1.54) is 0 Å². The third-order valence-corrected chi connectivity index (χ3v) is 4.99. The van der Waals surface area contributed by atoms with Crippen molar-refractivity contribution in [1.82, 2.24) is 10.2 Å². The molecule has 1 aromatic rings. The van der Waals surface area contributed by atoms with Gasteiger partial charge in [0.25, 0.3) is 0 Å². The van der Waals surface area contributed by atoms with Crippen LogP contribution in [0.5, 0.6) is 0 Å². The molecule has 1 saturated carbocycles. The fourth-order valence-electron chi connectivity index (χ4n) is 3.74. The number of amides is 2. The first-order chi connectivity index (χ1) is 11.4. The molecule has 0 radical (unpaired) electrons. The lowest BCUT2D eigenvalue weighted by Gasteiger charge is -2.20. The molecule has 0 aromatic heterocycles. The Kier molecular flexibility index (Phi) is 4.38. The van der Waals surface area contributed by atoms with Crippen LogP contribution in [0.25, 0.3) is 0 Å². The molecule has 1 spiro atoms. The standard InChI is InChI=1S/C19H27N3O2/c1-13(2)12-22-16-8-6-5-7-14(16)19(18(22)24)11-15(19)17(23)20-9-10-21(3)4/h5-8,13,15H,9-12H2,1-4H3,(H,20,23)/t15-,19+/m0/s1. The first-order valence-electron chi connectivity index (χ1n) is 8.72. The Bertz CT molecular complexity index is 656. The van der Waals surface area contributed by atoms with Gasteiger partial charge >= 0.3 is 0 Å². The van der Waals surface area contributed by atoms with Gasteiger partial charge in [-0.05, 0) is 38.1 Å². The van der Waals surface area contributed by atoms with Crippen LogP contribution >= 0.6 is 0 Å². The van der Waals surface area contributed by atoms with E-state index in [2.05, 4.69) is 19.2 Å².